The number of amides is 1. The van der Waals surface area contributed by atoms with Crippen molar-refractivity contribution in [3.63, 3.8) is 0 Å². The van der Waals surface area contributed by atoms with Gasteiger partial charge in [-0.15, -0.1) is 12.4 Å². The quantitative estimate of drug-likeness (QED) is 0.821. The highest BCUT2D eigenvalue weighted by atomic mass is 35.5. The van der Waals surface area contributed by atoms with E-state index in [9.17, 15) is 4.79 Å². The maximum Gasteiger partial charge on any atom is 0.274 e. The van der Waals surface area contributed by atoms with Crippen LogP contribution in [-0.4, -0.2) is 40.2 Å². The lowest BCUT2D eigenvalue weighted by Gasteiger charge is -2.32. The largest absolute Gasteiger partial charge is 0.333 e. The van der Waals surface area contributed by atoms with E-state index < -0.39 is 0 Å². The molecule has 146 valence electrons. The van der Waals surface area contributed by atoms with E-state index in [0.29, 0.717) is 24.2 Å². The zero-order chi connectivity index (χ0) is 17.8. The number of hydrogen-bond donors (Lipinski definition) is 1. The molecule has 0 radical (unpaired) electrons. The van der Waals surface area contributed by atoms with Crippen molar-refractivity contribution in [2.24, 2.45) is 5.92 Å². The van der Waals surface area contributed by atoms with Gasteiger partial charge in [0.2, 0.25) is 0 Å². The first-order chi connectivity index (χ1) is 12.8. The lowest BCUT2D eigenvalue weighted by atomic mass is 9.85. The Bertz CT molecular complexity index is 723. The van der Waals surface area contributed by atoms with Crippen molar-refractivity contribution in [3.8, 4) is 0 Å². The van der Waals surface area contributed by atoms with Gasteiger partial charge >= 0.3 is 0 Å². The second-order valence-electron chi connectivity index (χ2n) is 7.65. The molecular formula is C21H29ClN4O. The summed E-state index contributed by atoms with van der Waals surface area (Å²) in [6.07, 6.45) is 8.02. The molecule has 1 atom stereocenters. The predicted molar refractivity (Wildman–Crippen MR) is 109 cm³/mol. The number of aromatic nitrogens is 2. The molecule has 5 nitrogen and oxygen atoms in total. The van der Waals surface area contributed by atoms with Gasteiger partial charge in [-0.3, -0.25) is 9.48 Å². The fourth-order valence-electron chi connectivity index (χ4n) is 3.89. The van der Waals surface area contributed by atoms with Crippen LogP contribution in [0.5, 0.6) is 0 Å². The van der Waals surface area contributed by atoms with Gasteiger partial charge in [0.05, 0.1) is 6.04 Å². The van der Waals surface area contributed by atoms with Gasteiger partial charge in [-0.25, -0.2) is 0 Å². The van der Waals surface area contributed by atoms with Gasteiger partial charge in [0.1, 0.15) is 5.69 Å². The van der Waals surface area contributed by atoms with Gasteiger partial charge in [0.25, 0.3) is 5.91 Å². The molecule has 6 heteroatoms. The van der Waals surface area contributed by atoms with Gasteiger partial charge < -0.3 is 10.2 Å². The smallest absolute Gasteiger partial charge is 0.274 e. The Kier molecular flexibility index (Phi) is 6.91. The molecule has 4 rings (SSSR count). The van der Waals surface area contributed by atoms with Crippen LogP contribution in [0, 0.1) is 5.92 Å². The van der Waals surface area contributed by atoms with Crippen molar-refractivity contribution in [1.29, 1.82) is 0 Å². The minimum Gasteiger partial charge on any atom is -0.333 e. The van der Waals surface area contributed by atoms with Crippen LogP contribution in [0.4, 0.5) is 0 Å². The molecule has 1 N–H and O–H groups in total. The van der Waals surface area contributed by atoms with E-state index in [1.165, 1.54) is 24.8 Å². The average Bonchev–Trinajstić information content (AvgIpc) is 3.15. The summed E-state index contributed by atoms with van der Waals surface area (Å²) >= 11 is 0. The second-order valence-corrected chi connectivity index (χ2v) is 7.65. The van der Waals surface area contributed by atoms with Gasteiger partial charge in [-0.2, -0.15) is 5.10 Å². The topological polar surface area (TPSA) is 50.2 Å². The Balaban J connectivity index is 0.00000210. The molecule has 1 amide bonds. The third kappa shape index (κ3) is 4.90. The van der Waals surface area contributed by atoms with Crippen LogP contribution in [0.2, 0.25) is 0 Å². The number of carbonyl (C=O) groups is 1. The Morgan fingerprint density at radius 1 is 1.15 bits per heavy atom. The third-order valence-corrected chi connectivity index (χ3v) is 5.68. The number of halogens is 1. The molecule has 1 aromatic carbocycles. The molecule has 0 bridgehead atoms. The van der Waals surface area contributed by atoms with Crippen LogP contribution < -0.4 is 5.32 Å². The number of nitrogens with one attached hydrogen (secondary N) is 1. The van der Waals surface area contributed by atoms with Crippen molar-refractivity contribution in [2.75, 3.05) is 19.6 Å². The van der Waals surface area contributed by atoms with Crippen LogP contribution in [0.3, 0.4) is 0 Å². The Hall–Kier alpha value is -1.85. The Morgan fingerprint density at radius 2 is 1.96 bits per heavy atom. The predicted octanol–water partition coefficient (Wildman–Crippen LogP) is 3.67. The van der Waals surface area contributed by atoms with Crippen LogP contribution >= 0.6 is 12.4 Å². The van der Waals surface area contributed by atoms with Crippen molar-refractivity contribution in [2.45, 2.75) is 44.7 Å². The molecule has 0 spiro atoms. The highest BCUT2D eigenvalue weighted by Gasteiger charge is 2.26. The van der Waals surface area contributed by atoms with Gasteiger partial charge in [0.15, 0.2) is 0 Å². The Morgan fingerprint density at radius 3 is 2.63 bits per heavy atom. The van der Waals surface area contributed by atoms with Gasteiger partial charge in [-0.1, -0.05) is 36.8 Å². The fourth-order valence-corrected chi connectivity index (χ4v) is 3.89. The first-order valence-electron chi connectivity index (χ1n) is 9.88. The Labute approximate surface area is 167 Å². The zero-order valence-corrected chi connectivity index (χ0v) is 16.5. The van der Waals surface area contributed by atoms with Crippen molar-refractivity contribution < 1.29 is 4.79 Å². The van der Waals surface area contributed by atoms with E-state index in [0.717, 1.165) is 32.5 Å². The van der Waals surface area contributed by atoms with E-state index in [2.05, 4.69) is 22.5 Å². The minimum atomic E-state index is 0. The van der Waals surface area contributed by atoms with Crippen LogP contribution in [-0.2, 0) is 6.54 Å². The second kappa shape index (κ2) is 9.38. The standard InChI is InChI=1S/C21H28N4O.ClH/c26-21(20-11-13-25(23-20)19-10-5-12-22-14-19)24(16-18-8-4-9-18)15-17-6-2-1-3-7-17;/h1-3,6-7,11,13,18-19,22H,4-5,8-10,12,14-16H2;1H. The van der Waals surface area contributed by atoms with Crippen molar-refractivity contribution >= 4 is 18.3 Å². The highest BCUT2D eigenvalue weighted by Crippen LogP contribution is 2.28. The fraction of sp³-hybridized carbons (Fsp3) is 0.524. The zero-order valence-electron chi connectivity index (χ0n) is 15.7. The molecule has 2 heterocycles. The molecule has 1 aliphatic heterocycles. The molecule has 1 aromatic heterocycles. The van der Waals surface area contributed by atoms with E-state index in [-0.39, 0.29) is 18.3 Å². The van der Waals surface area contributed by atoms with Crippen molar-refractivity contribution in [1.82, 2.24) is 20.0 Å². The molecule has 2 fully saturated rings. The molecule has 27 heavy (non-hydrogen) atoms. The number of rotatable bonds is 6. The maximum atomic E-state index is 13.2. The molecule has 1 aliphatic carbocycles. The van der Waals surface area contributed by atoms with E-state index in [4.69, 9.17) is 0 Å². The first-order valence-corrected chi connectivity index (χ1v) is 9.88. The summed E-state index contributed by atoms with van der Waals surface area (Å²) in [5.41, 5.74) is 1.75. The van der Waals surface area contributed by atoms with E-state index in [1.54, 1.807) is 0 Å². The van der Waals surface area contributed by atoms with Crippen LogP contribution in [0.25, 0.3) is 0 Å². The summed E-state index contributed by atoms with van der Waals surface area (Å²) in [6.45, 7) is 3.51. The first kappa shape index (κ1) is 19.9. The molecule has 1 saturated heterocycles. The van der Waals surface area contributed by atoms with Crippen LogP contribution in [0.1, 0.15) is 54.2 Å². The normalized spacial score (nSPS) is 19.8. The summed E-state index contributed by atoms with van der Waals surface area (Å²) in [5.74, 6) is 0.704. The van der Waals surface area contributed by atoms with Crippen LogP contribution in [0.15, 0.2) is 42.6 Å². The monoisotopic (exact) mass is 388 g/mol. The lowest BCUT2D eigenvalue weighted by molar-refractivity contribution is 0.0672. The van der Waals surface area contributed by atoms with Gasteiger partial charge in [-0.05, 0) is 49.8 Å². The molecular weight excluding hydrogens is 360 g/mol. The highest BCUT2D eigenvalue weighted by molar-refractivity contribution is 5.92. The average molecular weight is 389 g/mol. The molecule has 1 saturated carbocycles. The molecule has 2 aromatic rings. The van der Waals surface area contributed by atoms with E-state index in [1.807, 2.05) is 40.0 Å². The SMILES string of the molecule is Cl.O=C(c1ccn(C2CCCNC2)n1)N(Cc1ccccc1)CC1CCC1. The number of nitrogens with zero attached hydrogens (tertiary/aromatic N) is 3. The summed E-state index contributed by atoms with van der Waals surface area (Å²) in [4.78, 5) is 15.1. The van der Waals surface area contributed by atoms with E-state index >= 15 is 0 Å². The third-order valence-electron chi connectivity index (χ3n) is 5.68. The molecule has 2 aliphatic rings. The number of piperidine rings is 1. The minimum absolute atomic E-state index is 0. The maximum absolute atomic E-state index is 13.2. The number of benzene rings is 1. The molecule has 1 unspecified atom stereocenters. The summed E-state index contributed by atoms with van der Waals surface area (Å²) in [7, 11) is 0. The number of hydrogen-bond acceptors (Lipinski definition) is 3. The lowest BCUT2D eigenvalue weighted by Crippen LogP contribution is -2.37. The summed E-state index contributed by atoms with van der Waals surface area (Å²) in [6, 6.07) is 12.5. The summed E-state index contributed by atoms with van der Waals surface area (Å²) < 4.78 is 1.98. The summed E-state index contributed by atoms with van der Waals surface area (Å²) in [5, 5.41) is 8.05. The van der Waals surface area contributed by atoms with Crippen molar-refractivity contribution in [3.05, 3.63) is 53.9 Å². The number of carbonyl (C=O) groups excluding carboxylic acids is 1. The van der Waals surface area contributed by atoms with Gasteiger partial charge in [0, 0.05) is 25.8 Å².